The normalized spacial score (nSPS) is 13.3. The fourth-order valence-corrected chi connectivity index (χ4v) is 1.42. The Balaban J connectivity index is 2.93. The Morgan fingerprint density at radius 3 is 2.83 bits per heavy atom. The molecule has 0 saturated carbocycles. The Hall–Kier alpha value is -0.540. The van der Waals surface area contributed by atoms with Crippen molar-refractivity contribution in [1.29, 1.82) is 0 Å². The Labute approximate surface area is 77.5 Å². The number of hydrogen-bond acceptors (Lipinski definition) is 2. The van der Waals surface area contributed by atoms with Crippen LogP contribution in [0, 0.1) is 0 Å². The zero-order chi connectivity index (χ0) is 9.14. The SMILES string of the molecule is CCc1cnn(C(C)CN)c1Cl. The van der Waals surface area contributed by atoms with Gasteiger partial charge < -0.3 is 5.73 Å². The van der Waals surface area contributed by atoms with Crippen molar-refractivity contribution in [3.63, 3.8) is 0 Å². The van der Waals surface area contributed by atoms with Crippen molar-refractivity contribution in [2.45, 2.75) is 26.3 Å². The second-order valence-electron chi connectivity index (χ2n) is 2.84. The summed E-state index contributed by atoms with van der Waals surface area (Å²) in [6, 6.07) is 0.179. The van der Waals surface area contributed by atoms with Crippen molar-refractivity contribution in [1.82, 2.24) is 9.78 Å². The second kappa shape index (κ2) is 3.92. The predicted octanol–water partition coefficient (Wildman–Crippen LogP) is 1.62. The quantitative estimate of drug-likeness (QED) is 0.782. The van der Waals surface area contributed by atoms with Gasteiger partial charge in [0.2, 0.25) is 0 Å². The van der Waals surface area contributed by atoms with Crippen LogP contribution < -0.4 is 5.73 Å². The molecule has 1 aromatic heterocycles. The summed E-state index contributed by atoms with van der Waals surface area (Å²) < 4.78 is 1.76. The first-order valence-corrected chi connectivity index (χ1v) is 4.50. The molecule has 0 aliphatic rings. The Kier molecular flexibility index (Phi) is 3.12. The molecule has 0 aliphatic carbocycles. The topological polar surface area (TPSA) is 43.8 Å². The summed E-state index contributed by atoms with van der Waals surface area (Å²) in [4.78, 5) is 0. The van der Waals surface area contributed by atoms with Gasteiger partial charge in [0.25, 0.3) is 0 Å². The molecule has 0 aromatic carbocycles. The Morgan fingerprint density at radius 2 is 2.42 bits per heavy atom. The van der Waals surface area contributed by atoms with E-state index in [2.05, 4.69) is 12.0 Å². The Bertz CT molecular complexity index is 257. The zero-order valence-electron chi connectivity index (χ0n) is 7.42. The lowest BCUT2D eigenvalue weighted by atomic mass is 10.3. The summed E-state index contributed by atoms with van der Waals surface area (Å²) in [6.45, 7) is 4.61. The van der Waals surface area contributed by atoms with Gasteiger partial charge in [0.05, 0.1) is 12.2 Å². The van der Waals surface area contributed by atoms with Crippen LogP contribution in [0.5, 0.6) is 0 Å². The van der Waals surface area contributed by atoms with E-state index in [0.717, 1.165) is 17.1 Å². The molecule has 0 saturated heterocycles. The number of halogens is 1. The van der Waals surface area contributed by atoms with E-state index >= 15 is 0 Å². The van der Waals surface area contributed by atoms with Crippen molar-refractivity contribution >= 4 is 11.6 Å². The molecule has 0 bridgehead atoms. The molecular weight excluding hydrogens is 174 g/mol. The van der Waals surface area contributed by atoms with Gasteiger partial charge in [0.15, 0.2) is 0 Å². The smallest absolute Gasteiger partial charge is 0.130 e. The van der Waals surface area contributed by atoms with Crippen LogP contribution in [0.3, 0.4) is 0 Å². The molecule has 12 heavy (non-hydrogen) atoms. The number of rotatable bonds is 3. The molecule has 68 valence electrons. The summed E-state index contributed by atoms with van der Waals surface area (Å²) in [7, 11) is 0. The van der Waals surface area contributed by atoms with Crippen LogP contribution in [-0.4, -0.2) is 16.3 Å². The number of aromatic nitrogens is 2. The minimum absolute atomic E-state index is 0.179. The molecule has 0 aliphatic heterocycles. The van der Waals surface area contributed by atoms with Crippen molar-refractivity contribution < 1.29 is 0 Å². The maximum absolute atomic E-state index is 6.04. The van der Waals surface area contributed by atoms with Gasteiger partial charge in [-0.2, -0.15) is 5.10 Å². The standard InChI is InChI=1S/C8H14ClN3/c1-3-7-5-11-12(8(7)9)6(2)4-10/h5-6H,3-4,10H2,1-2H3. The molecule has 1 rings (SSSR count). The molecule has 0 fully saturated rings. The van der Waals surface area contributed by atoms with Crippen molar-refractivity contribution in [3.05, 3.63) is 16.9 Å². The van der Waals surface area contributed by atoms with E-state index < -0.39 is 0 Å². The van der Waals surface area contributed by atoms with E-state index in [0.29, 0.717) is 6.54 Å². The van der Waals surface area contributed by atoms with Gasteiger partial charge in [-0.3, -0.25) is 0 Å². The summed E-state index contributed by atoms with van der Waals surface area (Å²) >= 11 is 6.04. The largest absolute Gasteiger partial charge is 0.328 e. The molecular formula is C8H14ClN3. The minimum Gasteiger partial charge on any atom is -0.328 e. The average Bonchev–Trinajstić information content (AvgIpc) is 2.45. The molecule has 4 heteroatoms. The van der Waals surface area contributed by atoms with Crippen LogP contribution in [0.1, 0.15) is 25.5 Å². The third-order valence-corrected chi connectivity index (χ3v) is 2.36. The molecule has 0 spiro atoms. The molecule has 0 amide bonds. The first-order valence-electron chi connectivity index (χ1n) is 4.12. The highest BCUT2D eigenvalue weighted by Gasteiger charge is 2.10. The molecule has 1 atom stereocenters. The molecule has 1 aromatic rings. The van der Waals surface area contributed by atoms with Crippen molar-refractivity contribution in [2.24, 2.45) is 5.73 Å². The van der Waals surface area contributed by atoms with Crippen LogP contribution in [0.15, 0.2) is 6.20 Å². The number of nitrogens with zero attached hydrogens (tertiary/aromatic N) is 2. The van der Waals surface area contributed by atoms with Crippen LogP contribution in [0.2, 0.25) is 5.15 Å². The maximum atomic E-state index is 6.04. The van der Waals surface area contributed by atoms with Gasteiger partial charge in [-0.15, -0.1) is 0 Å². The first kappa shape index (κ1) is 9.55. The highest BCUT2D eigenvalue weighted by atomic mass is 35.5. The van der Waals surface area contributed by atoms with Gasteiger partial charge >= 0.3 is 0 Å². The van der Waals surface area contributed by atoms with Crippen LogP contribution >= 0.6 is 11.6 Å². The summed E-state index contributed by atoms with van der Waals surface area (Å²) in [5.74, 6) is 0. The van der Waals surface area contributed by atoms with E-state index in [4.69, 9.17) is 17.3 Å². The van der Waals surface area contributed by atoms with Gasteiger partial charge in [0.1, 0.15) is 5.15 Å². The van der Waals surface area contributed by atoms with Gasteiger partial charge in [0, 0.05) is 12.1 Å². The molecule has 2 N–H and O–H groups in total. The van der Waals surface area contributed by atoms with E-state index in [1.807, 2.05) is 6.92 Å². The first-order chi connectivity index (χ1) is 5.70. The predicted molar refractivity (Wildman–Crippen MR) is 50.4 cm³/mol. The maximum Gasteiger partial charge on any atom is 0.130 e. The van der Waals surface area contributed by atoms with Crippen molar-refractivity contribution in [2.75, 3.05) is 6.54 Å². The summed E-state index contributed by atoms with van der Waals surface area (Å²) in [5, 5.41) is 4.88. The number of nitrogens with two attached hydrogens (primary N) is 1. The summed E-state index contributed by atoms with van der Waals surface area (Å²) in [6.07, 6.45) is 2.71. The van der Waals surface area contributed by atoms with Crippen molar-refractivity contribution in [3.8, 4) is 0 Å². The van der Waals surface area contributed by atoms with Crippen LogP contribution in [0.4, 0.5) is 0 Å². The van der Waals surface area contributed by atoms with Gasteiger partial charge in [-0.1, -0.05) is 18.5 Å². The van der Waals surface area contributed by atoms with Gasteiger partial charge in [-0.05, 0) is 13.3 Å². The molecule has 1 heterocycles. The van der Waals surface area contributed by atoms with Gasteiger partial charge in [-0.25, -0.2) is 4.68 Å². The number of hydrogen-bond donors (Lipinski definition) is 1. The Morgan fingerprint density at radius 1 is 1.75 bits per heavy atom. The fraction of sp³-hybridized carbons (Fsp3) is 0.625. The molecule has 1 unspecified atom stereocenters. The number of aryl methyl sites for hydroxylation is 1. The second-order valence-corrected chi connectivity index (χ2v) is 3.20. The van der Waals surface area contributed by atoms with Crippen LogP contribution in [0.25, 0.3) is 0 Å². The van der Waals surface area contributed by atoms with Crippen LogP contribution in [-0.2, 0) is 6.42 Å². The zero-order valence-corrected chi connectivity index (χ0v) is 8.17. The minimum atomic E-state index is 0.179. The van der Waals surface area contributed by atoms with E-state index in [9.17, 15) is 0 Å². The highest BCUT2D eigenvalue weighted by Crippen LogP contribution is 2.19. The lowest BCUT2D eigenvalue weighted by molar-refractivity contribution is 0.501. The summed E-state index contributed by atoms with van der Waals surface area (Å²) in [5.41, 5.74) is 6.58. The third-order valence-electron chi connectivity index (χ3n) is 1.94. The fourth-order valence-electron chi connectivity index (χ4n) is 1.03. The van der Waals surface area contributed by atoms with E-state index in [1.165, 1.54) is 0 Å². The molecule has 3 nitrogen and oxygen atoms in total. The molecule has 0 radical (unpaired) electrons. The average molecular weight is 188 g/mol. The van der Waals surface area contributed by atoms with E-state index in [1.54, 1.807) is 10.9 Å². The highest BCUT2D eigenvalue weighted by molar-refractivity contribution is 6.30. The monoisotopic (exact) mass is 187 g/mol. The third kappa shape index (κ3) is 1.62. The van der Waals surface area contributed by atoms with E-state index in [-0.39, 0.29) is 6.04 Å². The lowest BCUT2D eigenvalue weighted by Crippen LogP contribution is -2.17. The lowest BCUT2D eigenvalue weighted by Gasteiger charge is -2.09.